The average Bonchev–Trinajstić information content (AvgIpc) is 2.72. The van der Waals surface area contributed by atoms with Crippen molar-refractivity contribution in [3.63, 3.8) is 0 Å². The minimum atomic E-state index is 0.0405. The van der Waals surface area contributed by atoms with Crippen molar-refractivity contribution in [3.05, 3.63) is 44.3 Å². The Morgan fingerprint density at radius 1 is 1.23 bits per heavy atom. The van der Waals surface area contributed by atoms with E-state index in [0.29, 0.717) is 0 Å². The molecule has 2 aromatic rings. The molecule has 2 aromatic heterocycles. The van der Waals surface area contributed by atoms with Crippen LogP contribution in [0.1, 0.15) is 20.0 Å². The van der Waals surface area contributed by atoms with E-state index < -0.39 is 0 Å². The third-order valence-electron chi connectivity index (χ3n) is 1.80. The van der Waals surface area contributed by atoms with Gasteiger partial charge in [-0.05, 0) is 30.5 Å². The van der Waals surface area contributed by atoms with Crippen LogP contribution in [0, 0.1) is 6.92 Å². The SMILES string of the molecule is Cc1ccc(C(Cl)c2cccs2)s1. The van der Waals surface area contributed by atoms with Gasteiger partial charge in [-0.1, -0.05) is 6.07 Å². The lowest BCUT2D eigenvalue weighted by Crippen LogP contribution is -1.83. The first-order chi connectivity index (χ1) is 6.27. The highest BCUT2D eigenvalue weighted by molar-refractivity contribution is 7.13. The van der Waals surface area contributed by atoms with Crippen LogP contribution in [0.4, 0.5) is 0 Å². The predicted octanol–water partition coefficient (Wildman–Crippen LogP) is 4.45. The van der Waals surface area contributed by atoms with Crippen LogP contribution in [-0.4, -0.2) is 0 Å². The fraction of sp³-hybridized carbons (Fsp3) is 0.200. The van der Waals surface area contributed by atoms with Gasteiger partial charge in [0.15, 0.2) is 0 Å². The van der Waals surface area contributed by atoms with E-state index in [1.165, 1.54) is 14.6 Å². The molecule has 0 saturated heterocycles. The van der Waals surface area contributed by atoms with Crippen molar-refractivity contribution >= 4 is 34.3 Å². The predicted molar refractivity (Wildman–Crippen MR) is 61.1 cm³/mol. The van der Waals surface area contributed by atoms with Crippen LogP contribution in [0.15, 0.2) is 29.6 Å². The van der Waals surface area contributed by atoms with E-state index in [1.807, 2.05) is 6.07 Å². The lowest BCUT2D eigenvalue weighted by molar-refractivity contribution is 1.24. The Morgan fingerprint density at radius 3 is 2.62 bits per heavy atom. The van der Waals surface area contributed by atoms with Crippen molar-refractivity contribution in [1.82, 2.24) is 0 Å². The maximum Gasteiger partial charge on any atom is 0.102 e. The first-order valence-corrected chi connectivity index (χ1v) is 6.14. The molecular weight excluding hydrogens is 220 g/mol. The molecule has 0 bridgehead atoms. The van der Waals surface area contributed by atoms with Crippen LogP contribution in [-0.2, 0) is 0 Å². The second-order valence-electron chi connectivity index (χ2n) is 2.83. The standard InChI is InChI=1S/C10H9ClS2/c1-7-4-5-9(13-7)10(11)8-3-2-6-12-8/h2-6,10H,1H3. The number of rotatable bonds is 2. The highest BCUT2D eigenvalue weighted by atomic mass is 35.5. The molecule has 0 nitrogen and oxygen atoms in total. The largest absolute Gasteiger partial charge is 0.147 e. The van der Waals surface area contributed by atoms with Gasteiger partial charge >= 0.3 is 0 Å². The minimum absolute atomic E-state index is 0.0405. The van der Waals surface area contributed by atoms with E-state index in [2.05, 4.69) is 30.5 Å². The van der Waals surface area contributed by atoms with Crippen LogP contribution in [0.5, 0.6) is 0 Å². The van der Waals surface area contributed by atoms with Crippen molar-refractivity contribution in [2.45, 2.75) is 12.3 Å². The molecule has 2 heterocycles. The molecule has 0 spiro atoms. The van der Waals surface area contributed by atoms with Crippen molar-refractivity contribution in [3.8, 4) is 0 Å². The van der Waals surface area contributed by atoms with Crippen molar-refractivity contribution < 1.29 is 0 Å². The summed E-state index contributed by atoms with van der Waals surface area (Å²) in [5.74, 6) is 0. The van der Waals surface area contributed by atoms with E-state index in [0.717, 1.165) is 0 Å². The Balaban J connectivity index is 2.28. The zero-order valence-corrected chi connectivity index (χ0v) is 9.55. The summed E-state index contributed by atoms with van der Waals surface area (Å²) >= 11 is 9.79. The molecule has 1 unspecified atom stereocenters. The molecule has 0 radical (unpaired) electrons. The third-order valence-corrected chi connectivity index (χ3v) is 4.54. The molecule has 0 aliphatic rings. The van der Waals surface area contributed by atoms with Crippen LogP contribution in [0.25, 0.3) is 0 Å². The number of alkyl halides is 1. The molecule has 2 rings (SSSR count). The molecule has 0 aliphatic heterocycles. The molecule has 0 fully saturated rings. The summed E-state index contributed by atoms with van der Waals surface area (Å²) in [6.45, 7) is 2.10. The maximum absolute atomic E-state index is 6.31. The summed E-state index contributed by atoms with van der Waals surface area (Å²) in [6, 6.07) is 8.34. The summed E-state index contributed by atoms with van der Waals surface area (Å²) in [7, 11) is 0. The minimum Gasteiger partial charge on any atom is -0.147 e. The first-order valence-electron chi connectivity index (χ1n) is 4.01. The summed E-state index contributed by atoms with van der Waals surface area (Å²) in [4.78, 5) is 3.78. The molecule has 3 heteroatoms. The quantitative estimate of drug-likeness (QED) is 0.667. The Labute approximate surface area is 90.8 Å². The van der Waals surface area contributed by atoms with Gasteiger partial charge in [0.05, 0.1) is 0 Å². The highest BCUT2D eigenvalue weighted by Crippen LogP contribution is 2.35. The number of halogens is 1. The maximum atomic E-state index is 6.31. The first kappa shape index (κ1) is 9.25. The summed E-state index contributed by atoms with van der Waals surface area (Å²) in [5, 5.41) is 2.10. The van der Waals surface area contributed by atoms with Crippen LogP contribution < -0.4 is 0 Å². The summed E-state index contributed by atoms with van der Waals surface area (Å²) < 4.78 is 0. The number of hydrogen-bond donors (Lipinski definition) is 0. The molecule has 68 valence electrons. The van der Waals surface area contributed by atoms with Gasteiger partial charge in [-0.2, -0.15) is 0 Å². The topological polar surface area (TPSA) is 0 Å². The zero-order valence-electron chi connectivity index (χ0n) is 7.16. The van der Waals surface area contributed by atoms with Gasteiger partial charge in [0, 0.05) is 14.6 Å². The fourth-order valence-corrected chi connectivity index (χ4v) is 3.27. The Bertz CT molecular complexity index is 375. The molecule has 0 N–H and O–H groups in total. The molecule has 1 atom stereocenters. The monoisotopic (exact) mass is 228 g/mol. The number of aryl methyl sites for hydroxylation is 1. The average molecular weight is 229 g/mol. The van der Waals surface area contributed by atoms with Gasteiger partial charge < -0.3 is 0 Å². The molecular formula is C10H9ClS2. The van der Waals surface area contributed by atoms with Gasteiger partial charge in [-0.3, -0.25) is 0 Å². The Hall–Kier alpha value is -0.310. The van der Waals surface area contributed by atoms with E-state index >= 15 is 0 Å². The molecule has 0 aromatic carbocycles. The van der Waals surface area contributed by atoms with Gasteiger partial charge in [-0.25, -0.2) is 0 Å². The number of thiophene rings is 2. The summed E-state index contributed by atoms with van der Waals surface area (Å²) in [5.41, 5.74) is 0. The van der Waals surface area contributed by atoms with Gasteiger partial charge in [0.25, 0.3) is 0 Å². The highest BCUT2D eigenvalue weighted by Gasteiger charge is 2.12. The molecule has 0 amide bonds. The van der Waals surface area contributed by atoms with E-state index in [9.17, 15) is 0 Å². The van der Waals surface area contributed by atoms with Crippen molar-refractivity contribution in [2.24, 2.45) is 0 Å². The van der Waals surface area contributed by atoms with Gasteiger partial charge in [0.1, 0.15) is 5.38 Å². The van der Waals surface area contributed by atoms with Crippen molar-refractivity contribution in [1.29, 1.82) is 0 Å². The zero-order chi connectivity index (χ0) is 9.26. The van der Waals surface area contributed by atoms with Crippen molar-refractivity contribution in [2.75, 3.05) is 0 Å². The Kier molecular flexibility index (Phi) is 2.72. The normalized spacial score (nSPS) is 13.1. The van der Waals surface area contributed by atoms with Crippen LogP contribution in [0.2, 0.25) is 0 Å². The Morgan fingerprint density at radius 2 is 2.08 bits per heavy atom. The second-order valence-corrected chi connectivity index (χ2v) is 5.56. The third kappa shape index (κ3) is 1.96. The van der Waals surface area contributed by atoms with Gasteiger partial charge in [-0.15, -0.1) is 34.3 Å². The molecule has 0 aliphatic carbocycles. The summed E-state index contributed by atoms with van der Waals surface area (Å²) in [6.07, 6.45) is 0. The van der Waals surface area contributed by atoms with Gasteiger partial charge in [0.2, 0.25) is 0 Å². The van der Waals surface area contributed by atoms with E-state index in [1.54, 1.807) is 22.7 Å². The van der Waals surface area contributed by atoms with E-state index in [4.69, 9.17) is 11.6 Å². The number of hydrogen-bond acceptors (Lipinski definition) is 2. The lowest BCUT2D eigenvalue weighted by atomic mass is 10.3. The smallest absolute Gasteiger partial charge is 0.102 e. The molecule has 0 saturated carbocycles. The van der Waals surface area contributed by atoms with Crippen LogP contribution >= 0.6 is 34.3 Å². The second kappa shape index (κ2) is 3.82. The lowest BCUT2D eigenvalue weighted by Gasteiger charge is -2.02. The fourth-order valence-electron chi connectivity index (χ4n) is 1.17. The van der Waals surface area contributed by atoms with E-state index in [-0.39, 0.29) is 5.38 Å². The molecule has 13 heavy (non-hydrogen) atoms. The van der Waals surface area contributed by atoms with Crippen LogP contribution in [0.3, 0.4) is 0 Å².